The molecule has 2 aromatic rings. The molecule has 0 aliphatic rings. The molecule has 1 atom stereocenters. The van der Waals surface area contributed by atoms with E-state index in [1.54, 1.807) is 19.2 Å². The first-order valence-electron chi connectivity index (χ1n) is 8.28. The Kier molecular flexibility index (Phi) is 7.76. The summed E-state index contributed by atoms with van der Waals surface area (Å²) in [5.74, 6) is 1.12. The topological polar surface area (TPSA) is 74.8 Å². The molecule has 0 aliphatic heterocycles. The fourth-order valence-corrected chi connectivity index (χ4v) is 2.26. The molecule has 6 nitrogen and oxygen atoms in total. The Morgan fingerprint density at radius 3 is 2.46 bits per heavy atom. The number of amides is 1. The Hall–Kier alpha value is -2.73. The fourth-order valence-electron chi connectivity index (χ4n) is 2.14. The van der Waals surface area contributed by atoms with Crippen LogP contribution >= 0.6 is 11.6 Å². The molecule has 0 spiro atoms. The van der Waals surface area contributed by atoms with Crippen molar-refractivity contribution >= 4 is 29.2 Å². The molecule has 0 radical (unpaired) electrons. The van der Waals surface area contributed by atoms with Gasteiger partial charge in [0.1, 0.15) is 11.9 Å². The SMILES string of the molecule is CN=C(NCC(=O)Nc1ccccc1)NCC(C)Oc1ccc(Cl)cc1. The van der Waals surface area contributed by atoms with Gasteiger partial charge in [0.2, 0.25) is 5.91 Å². The van der Waals surface area contributed by atoms with Gasteiger partial charge < -0.3 is 20.7 Å². The van der Waals surface area contributed by atoms with E-state index in [0.29, 0.717) is 17.5 Å². The second kappa shape index (κ2) is 10.3. The standard InChI is InChI=1S/C19H23ClN4O2/c1-14(26-17-10-8-15(20)9-11-17)12-22-19(21-2)23-13-18(25)24-16-6-4-3-5-7-16/h3-11,14H,12-13H2,1-2H3,(H,24,25)(H2,21,22,23). The lowest BCUT2D eigenvalue weighted by Gasteiger charge is -2.17. The third-order valence-electron chi connectivity index (χ3n) is 3.41. The van der Waals surface area contributed by atoms with Crippen LogP contribution < -0.4 is 20.7 Å². The summed E-state index contributed by atoms with van der Waals surface area (Å²) in [6, 6.07) is 16.5. The third-order valence-corrected chi connectivity index (χ3v) is 3.66. The highest BCUT2D eigenvalue weighted by molar-refractivity contribution is 6.30. The van der Waals surface area contributed by atoms with Crippen molar-refractivity contribution in [3.63, 3.8) is 0 Å². The first-order valence-corrected chi connectivity index (χ1v) is 8.66. The number of ether oxygens (including phenoxy) is 1. The molecule has 26 heavy (non-hydrogen) atoms. The van der Waals surface area contributed by atoms with Gasteiger partial charge in [-0.25, -0.2) is 0 Å². The summed E-state index contributed by atoms with van der Waals surface area (Å²) >= 11 is 5.86. The third kappa shape index (κ3) is 7.03. The zero-order valence-electron chi connectivity index (χ0n) is 14.8. The molecule has 0 aromatic heterocycles. The van der Waals surface area contributed by atoms with Gasteiger partial charge in [-0.2, -0.15) is 0 Å². The van der Waals surface area contributed by atoms with Crippen LogP contribution in [0.5, 0.6) is 5.75 Å². The van der Waals surface area contributed by atoms with E-state index in [2.05, 4.69) is 20.9 Å². The first kappa shape index (κ1) is 19.6. The summed E-state index contributed by atoms with van der Waals surface area (Å²) in [7, 11) is 1.65. The van der Waals surface area contributed by atoms with Crippen molar-refractivity contribution in [1.29, 1.82) is 0 Å². The Morgan fingerprint density at radius 1 is 1.12 bits per heavy atom. The monoisotopic (exact) mass is 374 g/mol. The number of nitrogens with zero attached hydrogens (tertiary/aromatic N) is 1. The van der Waals surface area contributed by atoms with Crippen LogP contribution in [-0.4, -0.2) is 38.1 Å². The zero-order chi connectivity index (χ0) is 18.8. The second-order valence-electron chi connectivity index (χ2n) is 5.60. The lowest BCUT2D eigenvalue weighted by Crippen LogP contribution is -2.44. The van der Waals surface area contributed by atoms with Gasteiger partial charge in [-0.15, -0.1) is 0 Å². The Morgan fingerprint density at radius 2 is 1.81 bits per heavy atom. The van der Waals surface area contributed by atoms with Gasteiger partial charge in [-0.1, -0.05) is 29.8 Å². The highest BCUT2D eigenvalue weighted by Gasteiger charge is 2.07. The van der Waals surface area contributed by atoms with Crippen molar-refractivity contribution in [1.82, 2.24) is 10.6 Å². The molecule has 1 unspecified atom stereocenters. The summed E-state index contributed by atoms with van der Waals surface area (Å²) in [6.07, 6.45) is -0.0899. The number of para-hydroxylation sites is 1. The summed E-state index contributed by atoms with van der Waals surface area (Å²) in [4.78, 5) is 16.0. The predicted molar refractivity (Wildman–Crippen MR) is 106 cm³/mol. The van der Waals surface area contributed by atoms with Crippen LogP contribution in [0.1, 0.15) is 6.92 Å². The number of aliphatic imine (C=N–C) groups is 1. The van der Waals surface area contributed by atoms with Crippen LogP contribution in [0.3, 0.4) is 0 Å². The lowest BCUT2D eigenvalue weighted by atomic mass is 10.3. The minimum absolute atomic E-state index is 0.0899. The average Bonchev–Trinajstić information content (AvgIpc) is 2.64. The molecule has 1 amide bonds. The summed E-state index contributed by atoms with van der Waals surface area (Å²) in [6.45, 7) is 2.58. The predicted octanol–water partition coefficient (Wildman–Crippen LogP) is 2.91. The fraction of sp³-hybridized carbons (Fsp3) is 0.263. The van der Waals surface area contributed by atoms with E-state index in [1.165, 1.54) is 0 Å². The van der Waals surface area contributed by atoms with E-state index in [4.69, 9.17) is 16.3 Å². The maximum absolute atomic E-state index is 11.9. The maximum atomic E-state index is 11.9. The van der Waals surface area contributed by atoms with Crippen LogP contribution in [0.2, 0.25) is 5.02 Å². The summed E-state index contributed by atoms with van der Waals surface area (Å²) in [5, 5.41) is 9.57. The molecule has 0 heterocycles. The van der Waals surface area contributed by atoms with Crippen LogP contribution in [0.15, 0.2) is 59.6 Å². The van der Waals surface area contributed by atoms with Crippen LogP contribution in [0.25, 0.3) is 0 Å². The number of hydrogen-bond acceptors (Lipinski definition) is 3. The van der Waals surface area contributed by atoms with E-state index in [0.717, 1.165) is 11.4 Å². The number of carbonyl (C=O) groups excluding carboxylic acids is 1. The van der Waals surface area contributed by atoms with E-state index in [-0.39, 0.29) is 18.6 Å². The largest absolute Gasteiger partial charge is 0.489 e. The summed E-state index contributed by atoms with van der Waals surface area (Å²) in [5.41, 5.74) is 0.757. The molecule has 0 saturated heterocycles. The molecule has 3 N–H and O–H groups in total. The van der Waals surface area contributed by atoms with Gasteiger partial charge in [-0.3, -0.25) is 9.79 Å². The van der Waals surface area contributed by atoms with Crippen molar-refractivity contribution in [2.75, 3.05) is 25.5 Å². The molecule has 2 rings (SSSR count). The van der Waals surface area contributed by atoms with Gasteiger partial charge in [-0.05, 0) is 43.3 Å². The minimum atomic E-state index is -0.149. The highest BCUT2D eigenvalue weighted by Crippen LogP contribution is 2.16. The van der Waals surface area contributed by atoms with Crippen LogP contribution in [0.4, 0.5) is 5.69 Å². The molecule has 2 aromatic carbocycles. The highest BCUT2D eigenvalue weighted by atomic mass is 35.5. The maximum Gasteiger partial charge on any atom is 0.243 e. The smallest absolute Gasteiger partial charge is 0.243 e. The molecule has 0 aliphatic carbocycles. The molecule has 0 fully saturated rings. The Labute approximate surface area is 158 Å². The van der Waals surface area contributed by atoms with Crippen molar-refractivity contribution in [3.8, 4) is 5.75 Å². The summed E-state index contributed by atoms with van der Waals surface area (Å²) < 4.78 is 5.79. The van der Waals surface area contributed by atoms with Crippen molar-refractivity contribution in [2.45, 2.75) is 13.0 Å². The zero-order valence-corrected chi connectivity index (χ0v) is 15.6. The molecule has 7 heteroatoms. The second-order valence-corrected chi connectivity index (χ2v) is 6.04. The number of nitrogens with one attached hydrogen (secondary N) is 3. The van der Waals surface area contributed by atoms with E-state index < -0.39 is 0 Å². The van der Waals surface area contributed by atoms with Gasteiger partial charge in [0, 0.05) is 17.8 Å². The molecular weight excluding hydrogens is 352 g/mol. The van der Waals surface area contributed by atoms with Gasteiger partial charge >= 0.3 is 0 Å². The quantitative estimate of drug-likeness (QED) is 0.514. The van der Waals surface area contributed by atoms with Crippen LogP contribution in [-0.2, 0) is 4.79 Å². The lowest BCUT2D eigenvalue weighted by molar-refractivity contribution is -0.115. The molecule has 0 bridgehead atoms. The van der Waals surface area contributed by atoms with Gasteiger partial charge in [0.15, 0.2) is 5.96 Å². The van der Waals surface area contributed by atoms with E-state index >= 15 is 0 Å². The Bertz CT molecular complexity index is 720. The minimum Gasteiger partial charge on any atom is -0.489 e. The van der Waals surface area contributed by atoms with Crippen molar-refractivity contribution in [2.24, 2.45) is 4.99 Å². The Balaban J connectivity index is 1.71. The number of anilines is 1. The number of carbonyl (C=O) groups is 1. The first-order chi connectivity index (χ1) is 12.6. The van der Waals surface area contributed by atoms with E-state index in [9.17, 15) is 4.79 Å². The number of hydrogen-bond donors (Lipinski definition) is 3. The normalized spacial score (nSPS) is 12.2. The van der Waals surface area contributed by atoms with E-state index in [1.807, 2.05) is 49.4 Å². The van der Waals surface area contributed by atoms with Crippen LogP contribution in [0, 0.1) is 0 Å². The number of guanidine groups is 1. The van der Waals surface area contributed by atoms with Gasteiger partial charge in [0.05, 0.1) is 13.1 Å². The van der Waals surface area contributed by atoms with Crippen molar-refractivity contribution < 1.29 is 9.53 Å². The molecular formula is C19H23ClN4O2. The average molecular weight is 375 g/mol. The molecule has 0 saturated carbocycles. The molecule has 138 valence electrons. The van der Waals surface area contributed by atoms with Gasteiger partial charge in [0.25, 0.3) is 0 Å². The number of rotatable bonds is 7. The number of benzene rings is 2. The van der Waals surface area contributed by atoms with Crippen molar-refractivity contribution in [3.05, 3.63) is 59.6 Å². The number of halogens is 1.